The third-order valence-corrected chi connectivity index (χ3v) is 4.69. The van der Waals surface area contributed by atoms with Gasteiger partial charge in [0.2, 0.25) is 5.91 Å². The summed E-state index contributed by atoms with van der Waals surface area (Å²) in [5, 5.41) is 0. The van der Waals surface area contributed by atoms with Crippen molar-refractivity contribution in [3.05, 3.63) is 29.8 Å². The summed E-state index contributed by atoms with van der Waals surface area (Å²) < 4.78 is 5.22. The predicted molar refractivity (Wildman–Crippen MR) is 98.8 cm³/mol. The summed E-state index contributed by atoms with van der Waals surface area (Å²) in [6.07, 6.45) is 1.23. The van der Waals surface area contributed by atoms with Crippen LogP contribution >= 0.6 is 0 Å². The average molecular weight is 346 g/mol. The number of methoxy groups -OCH3 is 1. The van der Waals surface area contributed by atoms with E-state index in [9.17, 15) is 9.59 Å². The minimum Gasteiger partial charge on any atom is -0.497 e. The van der Waals surface area contributed by atoms with E-state index >= 15 is 0 Å². The van der Waals surface area contributed by atoms with Gasteiger partial charge in [0.05, 0.1) is 13.7 Å². The monoisotopic (exact) mass is 346 g/mol. The van der Waals surface area contributed by atoms with Crippen LogP contribution in [0.15, 0.2) is 24.3 Å². The molecule has 1 aliphatic heterocycles. The zero-order chi connectivity index (χ0) is 18.4. The minimum absolute atomic E-state index is 0.185. The smallest absolute Gasteiger partial charge is 0.222 e. The Bertz CT molecular complexity index is 599. The Morgan fingerprint density at radius 1 is 1.12 bits per heavy atom. The van der Waals surface area contributed by atoms with Crippen LogP contribution in [0.3, 0.4) is 0 Å². The number of piperazine rings is 1. The third kappa shape index (κ3) is 5.85. The molecule has 1 heterocycles. The summed E-state index contributed by atoms with van der Waals surface area (Å²) in [6.45, 7) is 9.28. The van der Waals surface area contributed by atoms with Crippen molar-refractivity contribution in [1.29, 1.82) is 0 Å². The van der Waals surface area contributed by atoms with E-state index in [1.165, 1.54) is 0 Å². The lowest BCUT2D eigenvalue weighted by atomic mass is 9.90. The molecule has 0 N–H and O–H groups in total. The molecule has 2 rings (SSSR count). The number of carbonyl (C=O) groups excluding carboxylic acids is 2. The highest BCUT2D eigenvalue weighted by atomic mass is 16.5. The van der Waals surface area contributed by atoms with Gasteiger partial charge in [0, 0.05) is 38.0 Å². The van der Waals surface area contributed by atoms with E-state index in [0.29, 0.717) is 26.1 Å². The second-order valence-electron chi connectivity index (χ2n) is 7.68. The Kier molecular flexibility index (Phi) is 6.59. The lowest BCUT2D eigenvalue weighted by Crippen LogP contribution is -2.50. The average Bonchev–Trinajstić information content (AvgIpc) is 2.59. The maximum Gasteiger partial charge on any atom is 0.222 e. The second kappa shape index (κ2) is 8.48. The Balaban J connectivity index is 1.76. The lowest BCUT2D eigenvalue weighted by Gasteiger charge is -2.35. The van der Waals surface area contributed by atoms with Crippen molar-refractivity contribution in [2.45, 2.75) is 33.6 Å². The topological polar surface area (TPSA) is 49.9 Å². The third-order valence-electron chi connectivity index (χ3n) is 4.69. The molecule has 1 aromatic carbocycles. The fourth-order valence-corrected chi connectivity index (χ4v) is 2.83. The molecule has 5 nitrogen and oxygen atoms in total. The number of carbonyl (C=O) groups is 2. The minimum atomic E-state index is -0.302. The molecule has 0 atom stereocenters. The van der Waals surface area contributed by atoms with Gasteiger partial charge in [-0.15, -0.1) is 0 Å². The number of Topliss-reactive ketones (excluding diaryl/α,β-unsaturated/α-hetero) is 1. The summed E-state index contributed by atoms with van der Waals surface area (Å²) in [7, 11) is 1.65. The van der Waals surface area contributed by atoms with Crippen LogP contribution in [0.25, 0.3) is 0 Å². The van der Waals surface area contributed by atoms with E-state index in [2.05, 4.69) is 4.90 Å². The molecule has 0 saturated carbocycles. The number of hydrogen-bond acceptors (Lipinski definition) is 4. The van der Waals surface area contributed by atoms with Crippen molar-refractivity contribution >= 4 is 11.7 Å². The summed E-state index contributed by atoms with van der Waals surface area (Å²) in [4.78, 5) is 28.6. The largest absolute Gasteiger partial charge is 0.497 e. The number of aryl methyl sites for hydroxylation is 1. The first-order chi connectivity index (χ1) is 11.8. The van der Waals surface area contributed by atoms with E-state index in [1.54, 1.807) is 7.11 Å². The fraction of sp³-hybridized carbons (Fsp3) is 0.600. The molecular formula is C20H30N2O3. The van der Waals surface area contributed by atoms with Gasteiger partial charge < -0.3 is 9.64 Å². The first-order valence-electron chi connectivity index (χ1n) is 8.96. The SMILES string of the molecule is COc1cccc(CCC(=O)N2CCN(CC(=O)C(C)(C)C)CC2)c1. The van der Waals surface area contributed by atoms with E-state index in [-0.39, 0.29) is 17.1 Å². The first kappa shape index (κ1) is 19.4. The number of hydrogen-bond donors (Lipinski definition) is 0. The highest BCUT2D eigenvalue weighted by molar-refractivity contribution is 5.85. The summed E-state index contributed by atoms with van der Waals surface area (Å²) in [6, 6.07) is 7.85. The molecule has 5 heteroatoms. The first-order valence-corrected chi connectivity index (χ1v) is 8.96. The van der Waals surface area contributed by atoms with Crippen molar-refractivity contribution in [2.75, 3.05) is 39.8 Å². The van der Waals surface area contributed by atoms with Crippen molar-refractivity contribution in [1.82, 2.24) is 9.80 Å². The molecule has 0 aromatic heterocycles. The number of ether oxygens (including phenoxy) is 1. The van der Waals surface area contributed by atoms with Crippen LogP contribution < -0.4 is 4.74 Å². The van der Waals surface area contributed by atoms with Gasteiger partial charge in [-0.2, -0.15) is 0 Å². The molecule has 0 radical (unpaired) electrons. The van der Waals surface area contributed by atoms with Gasteiger partial charge in [0.25, 0.3) is 0 Å². The Morgan fingerprint density at radius 2 is 1.80 bits per heavy atom. The van der Waals surface area contributed by atoms with Gasteiger partial charge in [-0.05, 0) is 24.1 Å². The van der Waals surface area contributed by atoms with Crippen LogP contribution in [0.1, 0.15) is 32.8 Å². The zero-order valence-corrected chi connectivity index (χ0v) is 15.9. The highest BCUT2D eigenvalue weighted by Crippen LogP contribution is 2.17. The molecule has 1 saturated heterocycles. The van der Waals surface area contributed by atoms with Gasteiger partial charge in [-0.1, -0.05) is 32.9 Å². The molecule has 0 unspecified atom stereocenters. The molecule has 1 amide bonds. The number of rotatable bonds is 6. The summed E-state index contributed by atoms with van der Waals surface area (Å²) in [5.41, 5.74) is 0.811. The Morgan fingerprint density at radius 3 is 2.40 bits per heavy atom. The molecule has 0 aliphatic carbocycles. The van der Waals surface area contributed by atoms with Gasteiger partial charge in [0.15, 0.2) is 5.78 Å². The number of nitrogens with zero attached hydrogens (tertiary/aromatic N) is 2. The number of amides is 1. The van der Waals surface area contributed by atoms with Crippen LogP contribution in [0.2, 0.25) is 0 Å². The number of benzene rings is 1. The van der Waals surface area contributed by atoms with Crippen LogP contribution in [0.5, 0.6) is 5.75 Å². The second-order valence-corrected chi connectivity index (χ2v) is 7.68. The van der Waals surface area contributed by atoms with Crippen LogP contribution in [0, 0.1) is 5.41 Å². The standard InChI is InChI=1S/C20H30N2O3/c1-20(2,3)18(23)15-21-10-12-22(13-11-21)19(24)9-8-16-6-5-7-17(14-16)25-4/h5-7,14H,8-13,15H2,1-4H3. The maximum atomic E-state index is 12.4. The fourth-order valence-electron chi connectivity index (χ4n) is 2.83. The van der Waals surface area contributed by atoms with Crippen molar-refractivity contribution in [3.8, 4) is 5.75 Å². The Labute approximate surface area is 150 Å². The lowest BCUT2D eigenvalue weighted by molar-refractivity contribution is -0.133. The molecule has 1 aliphatic rings. The Hall–Kier alpha value is -1.88. The number of ketones is 1. The predicted octanol–water partition coefficient (Wildman–Crippen LogP) is 2.39. The maximum absolute atomic E-state index is 12.4. The van der Waals surface area contributed by atoms with E-state index < -0.39 is 0 Å². The normalized spacial score (nSPS) is 15.9. The van der Waals surface area contributed by atoms with Gasteiger partial charge in [0.1, 0.15) is 5.75 Å². The van der Waals surface area contributed by atoms with Gasteiger partial charge in [-0.25, -0.2) is 0 Å². The summed E-state index contributed by atoms with van der Waals surface area (Å²) >= 11 is 0. The highest BCUT2D eigenvalue weighted by Gasteiger charge is 2.26. The zero-order valence-electron chi connectivity index (χ0n) is 15.9. The van der Waals surface area contributed by atoms with Crippen LogP contribution in [-0.2, 0) is 16.0 Å². The molecule has 0 bridgehead atoms. The van der Waals surface area contributed by atoms with E-state index in [0.717, 1.165) is 30.8 Å². The quantitative estimate of drug-likeness (QED) is 0.794. The van der Waals surface area contributed by atoms with Crippen LogP contribution in [0.4, 0.5) is 0 Å². The van der Waals surface area contributed by atoms with Crippen molar-refractivity contribution in [3.63, 3.8) is 0 Å². The van der Waals surface area contributed by atoms with Crippen molar-refractivity contribution < 1.29 is 14.3 Å². The molecule has 1 aromatic rings. The van der Waals surface area contributed by atoms with E-state index in [1.807, 2.05) is 49.9 Å². The summed E-state index contributed by atoms with van der Waals surface area (Å²) in [5.74, 6) is 1.26. The van der Waals surface area contributed by atoms with Gasteiger partial charge >= 0.3 is 0 Å². The van der Waals surface area contributed by atoms with Crippen LogP contribution in [-0.4, -0.2) is 61.3 Å². The molecular weight excluding hydrogens is 316 g/mol. The molecule has 1 fully saturated rings. The molecule has 0 spiro atoms. The molecule has 25 heavy (non-hydrogen) atoms. The van der Waals surface area contributed by atoms with E-state index in [4.69, 9.17) is 4.74 Å². The van der Waals surface area contributed by atoms with Crippen molar-refractivity contribution in [2.24, 2.45) is 5.41 Å². The van der Waals surface area contributed by atoms with Gasteiger partial charge in [-0.3, -0.25) is 14.5 Å². The molecule has 138 valence electrons.